The lowest BCUT2D eigenvalue weighted by Gasteiger charge is -2.38. The van der Waals surface area contributed by atoms with Crippen molar-refractivity contribution in [1.29, 1.82) is 0 Å². The van der Waals surface area contributed by atoms with Crippen molar-refractivity contribution in [3.8, 4) is 0 Å². The van der Waals surface area contributed by atoms with E-state index in [-0.39, 0.29) is 18.5 Å². The van der Waals surface area contributed by atoms with Crippen molar-refractivity contribution < 1.29 is 9.50 Å². The summed E-state index contributed by atoms with van der Waals surface area (Å²) in [5.41, 5.74) is 1.01. The zero-order chi connectivity index (χ0) is 15.1. The van der Waals surface area contributed by atoms with Crippen LogP contribution in [0.2, 0.25) is 0 Å². The van der Waals surface area contributed by atoms with Gasteiger partial charge in [-0.2, -0.15) is 0 Å². The molecule has 4 heteroatoms. The third-order valence-corrected chi connectivity index (χ3v) is 4.38. The van der Waals surface area contributed by atoms with Gasteiger partial charge in [-0.25, -0.2) is 4.39 Å². The number of rotatable bonds is 9. The fraction of sp³-hybridized carbons (Fsp3) is 0.647. The topological polar surface area (TPSA) is 35.5 Å². The molecule has 0 bridgehead atoms. The second kappa shape index (κ2) is 8.47. The summed E-state index contributed by atoms with van der Waals surface area (Å²) in [5.74, 6) is -0.179. The minimum Gasteiger partial charge on any atom is -0.395 e. The molecule has 1 fully saturated rings. The number of halogens is 1. The van der Waals surface area contributed by atoms with Crippen LogP contribution in [-0.2, 0) is 0 Å². The van der Waals surface area contributed by atoms with Crippen LogP contribution in [0.5, 0.6) is 0 Å². The number of hydrogen-bond acceptors (Lipinski definition) is 3. The molecule has 1 aliphatic rings. The Kier molecular flexibility index (Phi) is 6.61. The van der Waals surface area contributed by atoms with E-state index in [1.165, 1.54) is 25.3 Å². The van der Waals surface area contributed by atoms with Crippen molar-refractivity contribution in [3.05, 3.63) is 35.6 Å². The molecule has 0 aliphatic heterocycles. The maximum Gasteiger partial charge on any atom is 0.123 e. The smallest absolute Gasteiger partial charge is 0.123 e. The highest BCUT2D eigenvalue weighted by molar-refractivity contribution is 5.20. The Hall–Kier alpha value is -0.970. The molecule has 0 radical (unpaired) electrons. The van der Waals surface area contributed by atoms with Gasteiger partial charge in [0.25, 0.3) is 0 Å². The molecule has 21 heavy (non-hydrogen) atoms. The molecule has 0 amide bonds. The van der Waals surface area contributed by atoms with E-state index < -0.39 is 0 Å². The lowest BCUT2D eigenvalue weighted by atomic mass is 9.91. The van der Waals surface area contributed by atoms with Crippen LogP contribution in [0.4, 0.5) is 4.39 Å². The van der Waals surface area contributed by atoms with Gasteiger partial charge in [-0.15, -0.1) is 0 Å². The number of benzene rings is 1. The molecule has 1 aromatic carbocycles. The van der Waals surface area contributed by atoms with E-state index in [9.17, 15) is 9.50 Å². The quantitative estimate of drug-likeness (QED) is 0.735. The highest BCUT2D eigenvalue weighted by Gasteiger charge is 2.25. The molecule has 0 aromatic heterocycles. The molecular weight excluding hydrogens is 267 g/mol. The normalized spacial score (nSPS) is 17.0. The van der Waals surface area contributed by atoms with Gasteiger partial charge in [-0.1, -0.05) is 25.5 Å². The predicted molar refractivity (Wildman–Crippen MR) is 83.7 cm³/mol. The van der Waals surface area contributed by atoms with E-state index in [2.05, 4.69) is 17.1 Å². The van der Waals surface area contributed by atoms with Crippen LogP contribution in [-0.4, -0.2) is 42.3 Å². The van der Waals surface area contributed by atoms with Gasteiger partial charge in [0.1, 0.15) is 5.82 Å². The van der Waals surface area contributed by atoms with Crippen molar-refractivity contribution in [2.24, 2.45) is 0 Å². The third-order valence-electron chi connectivity index (χ3n) is 4.38. The van der Waals surface area contributed by atoms with E-state index in [4.69, 9.17) is 0 Å². The summed E-state index contributed by atoms with van der Waals surface area (Å²) in [6.07, 6.45) is 4.72. The lowest BCUT2D eigenvalue weighted by Crippen LogP contribution is -2.43. The first-order chi connectivity index (χ1) is 10.2. The summed E-state index contributed by atoms with van der Waals surface area (Å²) < 4.78 is 13.4. The van der Waals surface area contributed by atoms with Crippen LogP contribution in [0.3, 0.4) is 0 Å². The van der Waals surface area contributed by atoms with Gasteiger partial charge < -0.3 is 10.4 Å². The van der Waals surface area contributed by atoms with E-state index in [0.717, 1.165) is 31.6 Å². The molecular formula is C17H27FN2O. The van der Waals surface area contributed by atoms with Crippen LogP contribution >= 0.6 is 0 Å². The summed E-state index contributed by atoms with van der Waals surface area (Å²) in [7, 11) is 0. The molecule has 1 aromatic rings. The van der Waals surface area contributed by atoms with Crippen molar-refractivity contribution in [2.45, 2.75) is 44.7 Å². The number of aliphatic hydroxyl groups excluding tert-OH is 1. The first kappa shape index (κ1) is 16.4. The molecule has 3 nitrogen and oxygen atoms in total. The monoisotopic (exact) mass is 294 g/mol. The van der Waals surface area contributed by atoms with Gasteiger partial charge in [-0.05, 0) is 43.5 Å². The first-order valence-corrected chi connectivity index (χ1v) is 8.08. The van der Waals surface area contributed by atoms with Gasteiger partial charge in [0.15, 0.2) is 0 Å². The highest BCUT2D eigenvalue weighted by Crippen LogP contribution is 2.26. The molecule has 1 unspecified atom stereocenters. The van der Waals surface area contributed by atoms with E-state index in [0.29, 0.717) is 6.04 Å². The Labute approximate surface area is 127 Å². The minimum atomic E-state index is -0.179. The molecule has 0 heterocycles. The van der Waals surface area contributed by atoms with Crippen LogP contribution in [0, 0.1) is 5.82 Å². The van der Waals surface area contributed by atoms with Gasteiger partial charge >= 0.3 is 0 Å². The lowest BCUT2D eigenvalue weighted by molar-refractivity contribution is 0.0969. The van der Waals surface area contributed by atoms with Crippen molar-refractivity contribution in [2.75, 3.05) is 26.2 Å². The number of hydrogen-bond donors (Lipinski definition) is 2. The Morgan fingerprint density at radius 1 is 1.38 bits per heavy atom. The fourth-order valence-electron chi connectivity index (χ4n) is 3.01. The minimum absolute atomic E-state index is 0.173. The third kappa shape index (κ3) is 4.77. The fourth-order valence-corrected chi connectivity index (χ4v) is 3.01. The molecule has 1 saturated carbocycles. The van der Waals surface area contributed by atoms with Gasteiger partial charge in [0, 0.05) is 25.2 Å². The molecule has 1 aliphatic carbocycles. The summed E-state index contributed by atoms with van der Waals surface area (Å²) in [5, 5.41) is 12.7. The zero-order valence-electron chi connectivity index (χ0n) is 12.9. The number of aliphatic hydroxyl groups is 1. The van der Waals surface area contributed by atoms with Crippen LogP contribution in [0.25, 0.3) is 0 Å². The summed E-state index contributed by atoms with van der Waals surface area (Å²) in [4.78, 5) is 2.38. The van der Waals surface area contributed by atoms with Crippen LogP contribution in [0.15, 0.2) is 24.3 Å². The van der Waals surface area contributed by atoms with E-state index >= 15 is 0 Å². The maximum atomic E-state index is 13.4. The molecule has 1 atom stereocenters. The van der Waals surface area contributed by atoms with Crippen molar-refractivity contribution in [1.82, 2.24) is 10.2 Å². The zero-order valence-corrected chi connectivity index (χ0v) is 12.9. The Morgan fingerprint density at radius 2 is 2.19 bits per heavy atom. The predicted octanol–water partition coefficient (Wildman–Crippen LogP) is 2.71. The second-order valence-electron chi connectivity index (χ2n) is 5.80. The van der Waals surface area contributed by atoms with Crippen LogP contribution < -0.4 is 5.32 Å². The first-order valence-electron chi connectivity index (χ1n) is 8.08. The van der Waals surface area contributed by atoms with E-state index in [1.807, 2.05) is 6.07 Å². The SMILES string of the molecule is CCNC(CCN(CCO)C1CCC1)c1cccc(F)c1. The molecule has 118 valence electrons. The molecule has 2 rings (SSSR count). The van der Waals surface area contributed by atoms with Gasteiger partial charge in [-0.3, -0.25) is 4.90 Å². The molecule has 2 N–H and O–H groups in total. The number of nitrogens with one attached hydrogen (secondary N) is 1. The number of nitrogens with zero attached hydrogens (tertiary/aromatic N) is 1. The summed E-state index contributed by atoms with van der Waals surface area (Å²) in [6, 6.07) is 7.66. The summed E-state index contributed by atoms with van der Waals surface area (Å²) in [6.45, 7) is 4.84. The van der Waals surface area contributed by atoms with Gasteiger partial charge in [0.2, 0.25) is 0 Å². The maximum absolute atomic E-state index is 13.4. The average Bonchev–Trinajstić information content (AvgIpc) is 2.41. The standard InChI is InChI=1S/C17H27FN2O/c1-2-19-17(14-5-3-6-15(18)13-14)9-10-20(11-12-21)16-7-4-8-16/h3,5-6,13,16-17,19,21H,2,4,7-12H2,1H3. The largest absolute Gasteiger partial charge is 0.395 e. The van der Waals surface area contributed by atoms with Crippen LogP contribution in [0.1, 0.15) is 44.2 Å². The molecule has 0 saturated heterocycles. The summed E-state index contributed by atoms with van der Waals surface area (Å²) >= 11 is 0. The second-order valence-corrected chi connectivity index (χ2v) is 5.80. The van der Waals surface area contributed by atoms with Crippen molar-refractivity contribution >= 4 is 0 Å². The highest BCUT2D eigenvalue weighted by atomic mass is 19.1. The van der Waals surface area contributed by atoms with E-state index in [1.54, 1.807) is 12.1 Å². The Morgan fingerprint density at radius 3 is 2.76 bits per heavy atom. The Balaban J connectivity index is 1.95. The molecule has 0 spiro atoms. The van der Waals surface area contributed by atoms with Crippen molar-refractivity contribution in [3.63, 3.8) is 0 Å². The average molecular weight is 294 g/mol. The Bertz CT molecular complexity index is 423. The van der Waals surface area contributed by atoms with Gasteiger partial charge in [0.05, 0.1) is 6.61 Å².